The van der Waals surface area contributed by atoms with Gasteiger partial charge in [0.25, 0.3) is 0 Å². The van der Waals surface area contributed by atoms with E-state index in [2.05, 4.69) is 49.2 Å². The van der Waals surface area contributed by atoms with E-state index in [1.807, 2.05) is 68.4 Å². The highest BCUT2D eigenvalue weighted by atomic mass is 19.1. The fourth-order valence-corrected chi connectivity index (χ4v) is 8.14. The molecule has 4 aromatic carbocycles. The molecule has 302 valence electrons. The Morgan fingerprint density at radius 1 is 0.862 bits per heavy atom. The topological polar surface area (TPSA) is 105 Å². The third-order valence-corrected chi connectivity index (χ3v) is 11.3. The van der Waals surface area contributed by atoms with Gasteiger partial charge >= 0.3 is 5.69 Å². The first-order valence-electron chi connectivity index (χ1n) is 19.9. The van der Waals surface area contributed by atoms with Crippen LogP contribution in [0.5, 0.6) is 5.75 Å². The molecule has 14 heteroatoms. The largest absolute Gasteiger partial charge is 0.493 e. The van der Waals surface area contributed by atoms with Crippen LogP contribution in [0.1, 0.15) is 43.9 Å². The van der Waals surface area contributed by atoms with Crippen LogP contribution in [0.25, 0.3) is 5.69 Å². The van der Waals surface area contributed by atoms with Gasteiger partial charge in [-0.15, -0.1) is 0 Å². The van der Waals surface area contributed by atoms with E-state index in [4.69, 9.17) is 14.2 Å². The minimum Gasteiger partial charge on any atom is -0.493 e. The van der Waals surface area contributed by atoms with E-state index in [0.717, 1.165) is 60.6 Å². The molecule has 2 aliphatic heterocycles. The molecule has 0 radical (unpaired) electrons. The summed E-state index contributed by atoms with van der Waals surface area (Å²) in [5.74, 6) is -0.555. The highest BCUT2D eigenvalue weighted by Gasteiger charge is 2.44. The molecule has 0 N–H and O–H groups in total. The normalized spacial score (nSPS) is 19.3. The Bertz CT molecular complexity index is 2300. The van der Waals surface area contributed by atoms with E-state index in [1.54, 1.807) is 26.6 Å². The van der Waals surface area contributed by atoms with Crippen LogP contribution in [0.15, 0.2) is 121 Å². The molecule has 0 spiro atoms. The average molecular weight is 791 g/mol. The second-order valence-corrected chi connectivity index (χ2v) is 15.1. The van der Waals surface area contributed by atoms with Crippen LogP contribution in [0, 0.1) is 17.6 Å². The quantitative estimate of drug-likeness (QED) is 0.111. The second kappa shape index (κ2) is 17.3. The maximum absolute atomic E-state index is 15.0. The first-order chi connectivity index (χ1) is 28.3. The van der Waals surface area contributed by atoms with Crippen molar-refractivity contribution in [2.45, 2.75) is 57.6 Å². The molecule has 6 aromatic rings. The lowest BCUT2D eigenvalue weighted by Crippen LogP contribution is -2.46. The summed E-state index contributed by atoms with van der Waals surface area (Å²) in [4.78, 5) is 22.2. The smallest absolute Gasteiger partial charge is 0.350 e. The summed E-state index contributed by atoms with van der Waals surface area (Å²) >= 11 is 0. The molecular weight excluding hydrogens is 743 g/mol. The van der Waals surface area contributed by atoms with Gasteiger partial charge in [0.2, 0.25) is 0 Å². The number of halogens is 2. The molecule has 0 bridgehead atoms. The molecule has 2 fully saturated rings. The summed E-state index contributed by atoms with van der Waals surface area (Å²) in [6.45, 7) is 8.91. The monoisotopic (exact) mass is 790 g/mol. The maximum atomic E-state index is 15.0. The number of rotatable bonds is 15. The average Bonchev–Trinajstić information content (AvgIpc) is 4.02. The molecule has 0 unspecified atom stereocenters. The number of hydrogen-bond acceptors (Lipinski definition) is 9. The van der Waals surface area contributed by atoms with Gasteiger partial charge in [-0.05, 0) is 79.9 Å². The number of hydrogen-bond donors (Lipinski definition) is 0. The van der Waals surface area contributed by atoms with Crippen molar-refractivity contribution in [3.8, 4) is 11.4 Å². The van der Waals surface area contributed by atoms with Crippen molar-refractivity contribution in [1.82, 2.24) is 29.1 Å². The molecule has 0 amide bonds. The van der Waals surface area contributed by atoms with Crippen LogP contribution in [-0.2, 0) is 28.2 Å². The van der Waals surface area contributed by atoms with Crippen molar-refractivity contribution in [2.75, 3.05) is 49.2 Å². The zero-order valence-electron chi connectivity index (χ0n) is 32.7. The number of benzene rings is 4. The van der Waals surface area contributed by atoms with Crippen molar-refractivity contribution in [3.05, 3.63) is 149 Å². The molecule has 0 aliphatic carbocycles. The fourth-order valence-electron chi connectivity index (χ4n) is 8.14. The molecule has 2 saturated heterocycles. The summed E-state index contributed by atoms with van der Waals surface area (Å²) in [5.41, 5.74) is 3.16. The van der Waals surface area contributed by atoms with E-state index in [9.17, 15) is 9.18 Å². The van der Waals surface area contributed by atoms with Crippen molar-refractivity contribution >= 4 is 11.4 Å². The predicted molar refractivity (Wildman–Crippen MR) is 216 cm³/mol. The van der Waals surface area contributed by atoms with Gasteiger partial charge in [-0.1, -0.05) is 43.3 Å². The highest BCUT2D eigenvalue weighted by Crippen LogP contribution is 2.42. The van der Waals surface area contributed by atoms with Gasteiger partial charge in [0.05, 0.1) is 44.2 Å². The lowest BCUT2D eigenvalue weighted by Gasteiger charge is -2.37. The number of ether oxygens (including phenoxy) is 3. The molecule has 0 saturated carbocycles. The Hall–Kier alpha value is -5.86. The molecule has 12 nitrogen and oxygen atoms in total. The van der Waals surface area contributed by atoms with Crippen LogP contribution < -0.4 is 20.2 Å². The summed E-state index contributed by atoms with van der Waals surface area (Å²) in [7, 11) is 0. The second-order valence-electron chi connectivity index (χ2n) is 15.1. The van der Waals surface area contributed by atoms with Crippen LogP contribution in [0.3, 0.4) is 0 Å². The predicted octanol–water partition coefficient (Wildman–Crippen LogP) is 6.80. The Morgan fingerprint density at radius 3 is 2.21 bits per heavy atom. The number of nitrogens with zero attached hydrogens (tertiary/aromatic N) is 8. The summed E-state index contributed by atoms with van der Waals surface area (Å²) in [6, 6.07) is 29.6. The van der Waals surface area contributed by atoms with Crippen molar-refractivity contribution in [1.29, 1.82) is 0 Å². The third kappa shape index (κ3) is 8.53. The Morgan fingerprint density at radius 2 is 1.55 bits per heavy atom. The van der Waals surface area contributed by atoms with Gasteiger partial charge in [-0.25, -0.2) is 32.5 Å². The molecule has 2 aromatic heterocycles. The number of aromatic nitrogens is 6. The summed E-state index contributed by atoms with van der Waals surface area (Å²) < 4.78 is 52.1. The molecule has 4 heterocycles. The minimum absolute atomic E-state index is 0.0128. The molecule has 58 heavy (non-hydrogen) atoms. The number of anilines is 2. The lowest BCUT2D eigenvalue weighted by atomic mass is 9.87. The summed E-state index contributed by atoms with van der Waals surface area (Å²) in [5, 5.41) is 8.68. The maximum Gasteiger partial charge on any atom is 0.350 e. The first kappa shape index (κ1) is 39.0. The SMILES string of the molecule is CC[C@H]([C@H](C)OCc1ccccc1)n1ncn(-c2ccc(N3CCN(c4ccc(OC[C@H]5CO[C@](Cn6cncn6)(c6ccc(F)cc6F)C5)cc4)CC3)cc2)c1=O. The van der Waals surface area contributed by atoms with E-state index in [0.29, 0.717) is 38.2 Å². The molecule has 8 rings (SSSR count). The van der Waals surface area contributed by atoms with E-state index >= 15 is 4.39 Å². The molecule has 2 aliphatic rings. The van der Waals surface area contributed by atoms with Gasteiger partial charge in [-0.3, -0.25) is 0 Å². The Labute approximate surface area is 336 Å². The fraction of sp³-hybridized carbons (Fsp3) is 0.364. The van der Waals surface area contributed by atoms with Crippen LogP contribution in [0.4, 0.5) is 20.2 Å². The van der Waals surface area contributed by atoms with Gasteiger partial charge in [0.1, 0.15) is 42.0 Å². The highest BCUT2D eigenvalue weighted by molar-refractivity contribution is 5.54. The van der Waals surface area contributed by atoms with E-state index < -0.39 is 17.2 Å². The minimum atomic E-state index is -1.02. The Balaban J connectivity index is 0.828. The zero-order valence-corrected chi connectivity index (χ0v) is 32.7. The lowest BCUT2D eigenvalue weighted by molar-refractivity contribution is -0.0206. The van der Waals surface area contributed by atoms with Gasteiger partial charge in [0.15, 0.2) is 0 Å². The molecule has 4 atom stereocenters. The first-order valence-corrected chi connectivity index (χ1v) is 19.9. The third-order valence-electron chi connectivity index (χ3n) is 11.3. The van der Waals surface area contributed by atoms with Gasteiger partial charge in [-0.2, -0.15) is 10.2 Å². The zero-order chi connectivity index (χ0) is 40.1. The van der Waals surface area contributed by atoms with Crippen molar-refractivity contribution in [2.24, 2.45) is 5.92 Å². The van der Waals surface area contributed by atoms with Crippen LogP contribution in [0.2, 0.25) is 0 Å². The van der Waals surface area contributed by atoms with E-state index in [1.165, 1.54) is 18.5 Å². The Kier molecular flexibility index (Phi) is 11.6. The van der Waals surface area contributed by atoms with Crippen LogP contribution >= 0.6 is 0 Å². The number of piperazine rings is 1. The van der Waals surface area contributed by atoms with Gasteiger partial charge < -0.3 is 24.0 Å². The van der Waals surface area contributed by atoms with Crippen molar-refractivity contribution in [3.63, 3.8) is 0 Å². The summed E-state index contributed by atoms with van der Waals surface area (Å²) in [6.07, 6.45) is 5.57. The van der Waals surface area contributed by atoms with E-state index in [-0.39, 0.29) is 30.3 Å². The van der Waals surface area contributed by atoms with Gasteiger partial charge in [0, 0.05) is 55.1 Å². The van der Waals surface area contributed by atoms with Crippen LogP contribution in [-0.4, -0.2) is 74.6 Å². The van der Waals surface area contributed by atoms with Crippen molar-refractivity contribution < 1.29 is 23.0 Å². The molecular formula is C44H48F2N8O4. The standard InChI is InChI=1S/C44H48F2N8O4/c1-3-42(32(2)56-25-33-7-5-4-6-8-33)54-43(55)53(31-49-54)38-12-10-36(11-13-38)50-19-21-51(22-20-50)37-14-16-39(17-15-37)57-26-34-24-44(58-27-34,28-52-30-47-29-48-52)40-18-9-35(45)23-41(40)46/h4-18,23,29-32,34,42H,3,19-22,24-28H2,1-2H3/t32-,34-,42+,44+/m0/s1.